The SMILES string of the molecule is O=[N+]([O-])C1=C(CO)N(C2CCCCO2)NC1. The van der Waals surface area contributed by atoms with Crippen molar-refractivity contribution in [3.05, 3.63) is 21.5 Å². The maximum atomic E-state index is 10.7. The zero-order valence-corrected chi connectivity index (χ0v) is 8.89. The summed E-state index contributed by atoms with van der Waals surface area (Å²) in [5.74, 6) is 0. The van der Waals surface area contributed by atoms with E-state index in [1.54, 1.807) is 5.01 Å². The molecule has 1 atom stereocenters. The average Bonchev–Trinajstić information content (AvgIpc) is 2.73. The number of ether oxygens (including phenoxy) is 1. The molecule has 0 aliphatic carbocycles. The summed E-state index contributed by atoms with van der Waals surface area (Å²) in [4.78, 5) is 10.3. The average molecular weight is 229 g/mol. The summed E-state index contributed by atoms with van der Waals surface area (Å²) in [7, 11) is 0. The van der Waals surface area contributed by atoms with Gasteiger partial charge in [-0.3, -0.25) is 15.1 Å². The summed E-state index contributed by atoms with van der Waals surface area (Å²) in [6, 6.07) is 0. The Morgan fingerprint density at radius 2 is 2.44 bits per heavy atom. The number of nitro groups is 1. The molecule has 2 rings (SSSR count). The quantitative estimate of drug-likeness (QED) is 0.515. The Labute approximate surface area is 92.8 Å². The number of hydrogen-bond acceptors (Lipinski definition) is 6. The first kappa shape index (κ1) is 11.3. The highest BCUT2D eigenvalue weighted by Gasteiger charge is 2.35. The summed E-state index contributed by atoms with van der Waals surface area (Å²) in [5, 5.41) is 21.5. The minimum atomic E-state index is -0.457. The van der Waals surface area contributed by atoms with Crippen LogP contribution in [0.25, 0.3) is 0 Å². The largest absolute Gasteiger partial charge is 0.390 e. The lowest BCUT2D eigenvalue weighted by Crippen LogP contribution is -2.44. The van der Waals surface area contributed by atoms with Crippen LogP contribution >= 0.6 is 0 Å². The number of hydrogen-bond donors (Lipinski definition) is 2. The van der Waals surface area contributed by atoms with Crippen molar-refractivity contribution in [1.82, 2.24) is 10.4 Å². The van der Waals surface area contributed by atoms with Gasteiger partial charge in [0.2, 0.25) is 0 Å². The molecule has 0 aromatic carbocycles. The highest BCUT2D eigenvalue weighted by Crippen LogP contribution is 2.23. The van der Waals surface area contributed by atoms with Gasteiger partial charge in [0, 0.05) is 6.61 Å². The van der Waals surface area contributed by atoms with Crippen LogP contribution in [0.5, 0.6) is 0 Å². The third kappa shape index (κ3) is 2.01. The fourth-order valence-electron chi connectivity index (χ4n) is 2.04. The molecule has 1 fully saturated rings. The van der Waals surface area contributed by atoms with Crippen molar-refractivity contribution >= 4 is 0 Å². The lowest BCUT2D eigenvalue weighted by molar-refractivity contribution is -0.426. The van der Waals surface area contributed by atoms with Crippen LogP contribution in [-0.2, 0) is 4.74 Å². The Balaban J connectivity index is 2.13. The van der Waals surface area contributed by atoms with Gasteiger partial charge >= 0.3 is 0 Å². The molecular formula is C9H15N3O4. The Morgan fingerprint density at radius 1 is 1.62 bits per heavy atom. The van der Waals surface area contributed by atoms with Gasteiger partial charge in [0.25, 0.3) is 5.70 Å². The van der Waals surface area contributed by atoms with E-state index in [0.717, 1.165) is 19.3 Å². The maximum Gasteiger partial charge on any atom is 0.284 e. The first-order chi connectivity index (χ1) is 7.74. The van der Waals surface area contributed by atoms with Gasteiger partial charge in [0.1, 0.15) is 18.5 Å². The molecule has 90 valence electrons. The van der Waals surface area contributed by atoms with E-state index in [1.807, 2.05) is 0 Å². The van der Waals surface area contributed by atoms with Crippen molar-refractivity contribution in [2.24, 2.45) is 0 Å². The molecule has 16 heavy (non-hydrogen) atoms. The topological polar surface area (TPSA) is 87.9 Å². The van der Waals surface area contributed by atoms with Crippen molar-refractivity contribution in [3.8, 4) is 0 Å². The zero-order chi connectivity index (χ0) is 11.5. The Morgan fingerprint density at radius 3 is 3.00 bits per heavy atom. The molecule has 2 aliphatic heterocycles. The maximum absolute atomic E-state index is 10.7. The highest BCUT2D eigenvalue weighted by molar-refractivity contribution is 5.13. The van der Waals surface area contributed by atoms with E-state index in [0.29, 0.717) is 12.3 Å². The molecule has 2 N–H and O–H groups in total. The fourth-order valence-corrected chi connectivity index (χ4v) is 2.04. The van der Waals surface area contributed by atoms with Gasteiger partial charge in [-0.15, -0.1) is 0 Å². The van der Waals surface area contributed by atoms with Crippen LogP contribution in [0, 0.1) is 10.1 Å². The minimum absolute atomic E-state index is 0.0247. The molecule has 0 radical (unpaired) electrons. The van der Waals surface area contributed by atoms with E-state index >= 15 is 0 Å². The van der Waals surface area contributed by atoms with E-state index in [4.69, 9.17) is 4.74 Å². The van der Waals surface area contributed by atoms with Crippen molar-refractivity contribution < 1.29 is 14.8 Å². The molecule has 0 saturated carbocycles. The van der Waals surface area contributed by atoms with E-state index in [9.17, 15) is 15.2 Å². The Kier molecular flexibility index (Phi) is 3.37. The second kappa shape index (κ2) is 4.77. The van der Waals surface area contributed by atoms with Gasteiger partial charge in [-0.2, -0.15) is 0 Å². The number of hydrazine groups is 1. The van der Waals surface area contributed by atoms with Crippen molar-refractivity contribution in [1.29, 1.82) is 0 Å². The summed E-state index contributed by atoms with van der Waals surface area (Å²) in [6.45, 7) is 0.460. The second-order valence-corrected chi connectivity index (χ2v) is 3.83. The monoisotopic (exact) mass is 229 g/mol. The van der Waals surface area contributed by atoms with Crippen molar-refractivity contribution in [2.45, 2.75) is 25.5 Å². The predicted octanol–water partition coefficient (Wildman–Crippen LogP) is -0.186. The minimum Gasteiger partial charge on any atom is -0.390 e. The summed E-state index contributed by atoms with van der Waals surface area (Å²) < 4.78 is 5.52. The molecular weight excluding hydrogens is 214 g/mol. The zero-order valence-electron chi connectivity index (χ0n) is 8.89. The second-order valence-electron chi connectivity index (χ2n) is 3.83. The highest BCUT2D eigenvalue weighted by atomic mass is 16.6. The van der Waals surface area contributed by atoms with Crippen LogP contribution in [-0.4, -0.2) is 41.0 Å². The lowest BCUT2D eigenvalue weighted by atomic mass is 10.2. The third-order valence-electron chi connectivity index (χ3n) is 2.85. The molecule has 2 aliphatic rings. The number of aliphatic hydroxyl groups excluding tert-OH is 1. The molecule has 0 bridgehead atoms. The van der Waals surface area contributed by atoms with Gasteiger partial charge in [0.05, 0.1) is 11.5 Å². The molecule has 7 heteroatoms. The van der Waals surface area contributed by atoms with Crippen LogP contribution in [0.4, 0.5) is 0 Å². The Bertz CT molecular complexity index is 312. The van der Waals surface area contributed by atoms with Crippen molar-refractivity contribution in [2.75, 3.05) is 19.8 Å². The molecule has 7 nitrogen and oxygen atoms in total. The van der Waals surface area contributed by atoms with Crippen LogP contribution < -0.4 is 5.43 Å². The van der Waals surface area contributed by atoms with Crippen LogP contribution in [0.3, 0.4) is 0 Å². The van der Waals surface area contributed by atoms with Gasteiger partial charge < -0.3 is 9.84 Å². The number of aliphatic hydroxyl groups is 1. The predicted molar refractivity (Wildman–Crippen MR) is 54.5 cm³/mol. The standard InChI is InChI=1S/C9H15N3O4/c13-6-8-7(12(14)15)5-10-11(8)9-3-1-2-4-16-9/h9-10,13H,1-6H2. The van der Waals surface area contributed by atoms with Crippen LogP contribution in [0.15, 0.2) is 11.4 Å². The molecule has 0 amide bonds. The first-order valence-electron chi connectivity index (χ1n) is 5.35. The molecule has 1 saturated heterocycles. The van der Waals surface area contributed by atoms with E-state index in [2.05, 4.69) is 5.43 Å². The summed E-state index contributed by atoms with van der Waals surface area (Å²) in [6.07, 6.45) is 2.68. The fraction of sp³-hybridized carbons (Fsp3) is 0.778. The third-order valence-corrected chi connectivity index (χ3v) is 2.85. The Hall–Kier alpha value is -1.18. The smallest absolute Gasteiger partial charge is 0.284 e. The number of nitrogens with zero attached hydrogens (tertiary/aromatic N) is 2. The van der Waals surface area contributed by atoms with Crippen molar-refractivity contribution in [3.63, 3.8) is 0 Å². The van der Waals surface area contributed by atoms with E-state index in [1.165, 1.54) is 0 Å². The van der Waals surface area contributed by atoms with Gasteiger partial charge in [-0.25, -0.2) is 5.43 Å². The van der Waals surface area contributed by atoms with Gasteiger partial charge in [-0.1, -0.05) is 0 Å². The van der Waals surface area contributed by atoms with Gasteiger partial charge in [0.15, 0.2) is 0 Å². The molecule has 0 spiro atoms. The first-order valence-corrected chi connectivity index (χ1v) is 5.35. The number of rotatable bonds is 3. The van der Waals surface area contributed by atoms with Crippen LogP contribution in [0.2, 0.25) is 0 Å². The summed E-state index contributed by atoms with van der Waals surface area (Å²) >= 11 is 0. The molecule has 0 aromatic rings. The summed E-state index contributed by atoms with van der Waals surface area (Å²) in [5.41, 5.74) is 3.23. The molecule has 0 aromatic heterocycles. The van der Waals surface area contributed by atoms with Crippen LogP contribution in [0.1, 0.15) is 19.3 Å². The van der Waals surface area contributed by atoms with E-state index in [-0.39, 0.29) is 25.1 Å². The van der Waals surface area contributed by atoms with E-state index < -0.39 is 4.92 Å². The lowest BCUT2D eigenvalue weighted by Gasteiger charge is -2.32. The molecule has 2 heterocycles. The number of nitrogens with one attached hydrogen (secondary N) is 1. The molecule has 1 unspecified atom stereocenters. The normalized spacial score (nSPS) is 26.3. The van der Waals surface area contributed by atoms with Gasteiger partial charge in [-0.05, 0) is 19.3 Å².